The maximum absolute atomic E-state index is 12.1. The summed E-state index contributed by atoms with van der Waals surface area (Å²) in [4.78, 5) is 12.1. The lowest BCUT2D eigenvalue weighted by Crippen LogP contribution is -2.49. The molecule has 4 atom stereocenters. The van der Waals surface area contributed by atoms with Gasteiger partial charge in [0.05, 0.1) is 18.8 Å². The molecular weight excluding hydrogens is 364 g/mol. The van der Waals surface area contributed by atoms with E-state index in [-0.39, 0.29) is 30.5 Å². The molecule has 1 aliphatic carbocycles. The van der Waals surface area contributed by atoms with Crippen molar-refractivity contribution in [1.29, 1.82) is 0 Å². The molecule has 0 amide bonds. The van der Waals surface area contributed by atoms with Crippen LogP contribution < -0.4 is 0 Å². The summed E-state index contributed by atoms with van der Waals surface area (Å²) >= 11 is 0. The van der Waals surface area contributed by atoms with E-state index in [1.165, 1.54) is 16.7 Å². The highest BCUT2D eigenvalue weighted by atomic mass is 16.7. The van der Waals surface area contributed by atoms with E-state index in [4.69, 9.17) is 9.47 Å². The molecule has 0 aromatic heterocycles. The first kappa shape index (κ1) is 21.9. The summed E-state index contributed by atoms with van der Waals surface area (Å²) < 4.78 is 12.8. The van der Waals surface area contributed by atoms with Crippen LogP contribution in [-0.2, 0) is 14.3 Å². The molecule has 0 aromatic carbocycles. The Hall–Kier alpha value is -1.75. The number of aliphatic hydroxyl groups is 1. The fourth-order valence-electron chi connectivity index (χ4n) is 4.42. The van der Waals surface area contributed by atoms with Gasteiger partial charge in [0.1, 0.15) is 0 Å². The Labute approximate surface area is 174 Å². The molecule has 2 aliphatic heterocycles. The first-order valence-electron chi connectivity index (χ1n) is 10.6. The summed E-state index contributed by atoms with van der Waals surface area (Å²) in [5.41, 5.74) is 5.40. The van der Waals surface area contributed by atoms with Crippen LogP contribution in [-0.4, -0.2) is 35.5 Å². The molecule has 4 nitrogen and oxygen atoms in total. The van der Waals surface area contributed by atoms with Gasteiger partial charge in [-0.3, -0.25) is 4.79 Å². The molecule has 0 fully saturated rings. The highest BCUT2D eigenvalue weighted by Crippen LogP contribution is 2.42. The van der Waals surface area contributed by atoms with Crippen LogP contribution in [0.1, 0.15) is 60.3 Å². The highest BCUT2D eigenvalue weighted by Gasteiger charge is 2.45. The number of carbonyl (C=O) groups excluding carboxylic acids is 1. The van der Waals surface area contributed by atoms with Crippen LogP contribution in [0.4, 0.5) is 0 Å². The molecule has 29 heavy (non-hydrogen) atoms. The van der Waals surface area contributed by atoms with E-state index in [1.807, 2.05) is 25.2 Å². The van der Waals surface area contributed by atoms with Crippen molar-refractivity contribution in [2.24, 2.45) is 5.92 Å². The summed E-state index contributed by atoms with van der Waals surface area (Å²) in [5, 5.41) is 9.97. The fraction of sp³-hybridized carbons (Fsp3) is 0.560. The molecule has 2 heterocycles. The Morgan fingerprint density at radius 3 is 2.66 bits per heavy atom. The van der Waals surface area contributed by atoms with E-state index in [0.29, 0.717) is 6.42 Å². The summed E-state index contributed by atoms with van der Waals surface area (Å²) in [6.07, 6.45) is 13.2. The highest BCUT2D eigenvalue weighted by molar-refractivity contribution is 5.96. The summed E-state index contributed by atoms with van der Waals surface area (Å²) in [5.74, 6) is -0.977. The average molecular weight is 399 g/mol. The smallest absolute Gasteiger partial charge is 0.209 e. The van der Waals surface area contributed by atoms with Crippen LogP contribution in [0.5, 0.6) is 0 Å². The second kappa shape index (κ2) is 8.95. The third-order valence-corrected chi connectivity index (χ3v) is 5.89. The molecule has 0 unspecified atom stereocenters. The molecule has 3 aliphatic rings. The lowest BCUT2D eigenvalue weighted by atomic mass is 9.79. The zero-order valence-electron chi connectivity index (χ0n) is 18.3. The predicted molar refractivity (Wildman–Crippen MR) is 115 cm³/mol. The maximum Gasteiger partial charge on any atom is 0.209 e. The van der Waals surface area contributed by atoms with Gasteiger partial charge in [-0.2, -0.15) is 0 Å². The zero-order chi connectivity index (χ0) is 21.2. The van der Waals surface area contributed by atoms with Crippen LogP contribution in [0.15, 0.2) is 58.2 Å². The first-order valence-corrected chi connectivity index (χ1v) is 10.6. The largest absolute Gasteiger partial charge is 0.392 e. The zero-order valence-corrected chi connectivity index (χ0v) is 18.3. The lowest BCUT2D eigenvalue weighted by molar-refractivity contribution is -0.224. The van der Waals surface area contributed by atoms with E-state index in [0.717, 1.165) is 30.4 Å². The van der Waals surface area contributed by atoms with Gasteiger partial charge >= 0.3 is 0 Å². The molecule has 0 radical (unpaired) electrons. The molecule has 4 heteroatoms. The number of ketones is 1. The Morgan fingerprint density at radius 1 is 1.21 bits per heavy atom. The number of Topliss-reactive ketones (excluding diaryl/α,β-unsaturated/α-hetero) is 1. The molecule has 0 aromatic rings. The first-order chi connectivity index (χ1) is 13.7. The van der Waals surface area contributed by atoms with Gasteiger partial charge in [-0.25, -0.2) is 0 Å². The van der Waals surface area contributed by atoms with Gasteiger partial charge in [-0.05, 0) is 83.3 Å². The monoisotopic (exact) mass is 398 g/mol. The molecule has 0 bridgehead atoms. The minimum absolute atomic E-state index is 0.0743. The molecule has 3 rings (SSSR count). The van der Waals surface area contributed by atoms with Crippen molar-refractivity contribution in [3.8, 4) is 0 Å². The van der Waals surface area contributed by atoms with E-state index in [2.05, 4.69) is 39.8 Å². The number of carbonyl (C=O) groups is 1. The second-order valence-electron chi connectivity index (χ2n) is 8.95. The molecule has 1 N–H and O–H groups in total. The van der Waals surface area contributed by atoms with Crippen LogP contribution in [0.3, 0.4) is 0 Å². The van der Waals surface area contributed by atoms with Gasteiger partial charge in [-0.1, -0.05) is 28.9 Å². The van der Waals surface area contributed by atoms with Crippen molar-refractivity contribution in [3.05, 3.63) is 58.2 Å². The van der Waals surface area contributed by atoms with Crippen LogP contribution in [0, 0.1) is 5.92 Å². The van der Waals surface area contributed by atoms with E-state index in [9.17, 15) is 9.90 Å². The summed E-state index contributed by atoms with van der Waals surface area (Å²) in [6, 6.07) is 0. The normalized spacial score (nSPS) is 32.3. The number of ether oxygens (including phenoxy) is 2. The van der Waals surface area contributed by atoms with Crippen molar-refractivity contribution >= 4 is 5.78 Å². The van der Waals surface area contributed by atoms with Crippen LogP contribution >= 0.6 is 0 Å². The van der Waals surface area contributed by atoms with Gasteiger partial charge in [0, 0.05) is 12.3 Å². The number of aliphatic hydroxyl groups excluding tert-OH is 1. The van der Waals surface area contributed by atoms with Gasteiger partial charge in [0.15, 0.2) is 5.78 Å². The summed E-state index contributed by atoms with van der Waals surface area (Å²) in [7, 11) is 0. The van der Waals surface area contributed by atoms with Gasteiger partial charge in [0.2, 0.25) is 5.79 Å². The number of rotatable bonds is 5. The number of hydrogen-bond acceptors (Lipinski definition) is 4. The average Bonchev–Trinajstić information content (AvgIpc) is 2.61. The minimum atomic E-state index is -0.986. The van der Waals surface area contributed by atoms with Crippen LogP contribution in [0.2, 0.25) is 0 Å². The Morgan fingerprint density at radius 2 is 1.97 bits per heavy atom. The molecule has 0 saturated carbocycles. The predicted octanol–water partition coefficient (Wildman–Crippen LogP) is 4.96. The minimum Gasteiger partial charge on any atom is -0.392 e. The van der Waals surface area contributed by atoms with Gasteiger partial charge < -0.3 is 14.6 Å². The maximum atomic E-state index is 12.1. The topological polar surface area (TPSA) is 55.8 Å². The lowest BCUT2D eigenvalue weighted by Gasteiger charge is -2.45. The fourth-order valence-corrected chi connectivity index (χ4v) is 4.42. The molecule has 1 spiro atoms. The quantitative estimate of drug-likeness (QED) is 0.665. The Balaban J connectivity index is 1.83. The molecule has 158 valence electrons. The second-order valence-corrected chi connectivity index (χ2v) is 8.95. The Bertz CT molecular complexity index is 807. The third kappa shape index (κ3) is 5.25. The van der Waals surface area contributed by atoms with E-state index < -0.39 is 5.79 Å². The van der Waals surface area contributed by atoms with E-state index in [1.54, 1.807) is 0 Å². The standard InChI is InChI=1S/C25H34O4/c1-16(2)7-6-8-17(3)9-21-10-18(4)13-25(28-21)14-20(15-26)22-12-23(27)19(5)11-24(22)29-25/h7,9,11,13-14,21-22,24,26H,6,8,10,12,15H2,1-5H3/t21-,22-,24-,25+/m1/s1. The summed E-state index contributed by atoms with van der Waals surface area (Å²) in [6.45, 7) is 10.2. The molecule has 0 saturated heterocycles. The van der Waals surface area contributed by atoms with Gasteiger partial charge in [0.25, 0.3) is 0 Å². The SMILES string of the molecule is CC(C)=CCCC(C)=C[C@@H]1CC(C)=C[C@]2(C=C(CO)[C@H]3CC(=O)C(C)=C[C@H]3O2)O1. The number of allylic oxidation sites excluding steroid dienone is 4. The third-order valence-electron chi connectivity index (χ3n) is 5.89. The van der Waals surface area contributed by atoms with Gasteiger partial charge in [-0.15, -0.1) is 0 Å². The van der Waals surface area contributed by atoms with Crippen molar-refractivity contribution in [1.82, 2.24) is 0 Å². The molecular formula is C25H34O4. The van der Waals surface area contributed by atoms with Crippen LogP contribution in [0.25, 0.3) is 0 Å². The van der Waals surface area contributed by atoms with E-state index >= 15 is 0 Å². The number of fused-ring (bicyclic) bond motifs is 1. The van der Waals surface area contributed by atoms with Crippen molar-refractivity contribution < 1.29 is 19.4 Å². The van der Waals surface area contributed by atoms with Crippen molar-refractivity contribution in [2.45, 2.75) is 78.3 Å². The van der Waals surface area contributed by atoms with Crippen molar-refractivity contribution in [2.75, 3.05) is 6.61 Å². The number of hydrogen-bond donors (Lipinski definition) is 1. The van der Waals surface area contributed by atoms with Crippen molar-refractivity contribution in [3.63, 3.8) is 0 Å². The Kier molecular flexibility index (Phi) is 6.77.